The molecule has 0 saturated carbocycles. The van der Waals surface area contributed by atoms with Crippen LogP contribution in [0.5, 0.6) is 0 Å². The Labute approximate surface area is 95.0 Å². The van der Waals surface area contributed by atoms with Crippen molar-refractivity contribution in [3.63, 3.8) is 0 Å². The Bertz CT molecular complexity index is 309. The van der Waals surface area contributed by atoms with Gasteiger partial charge in [0.25, 0.3) is 0 Å². The first kappa shape index (κ1) is 10.1. The van der Waals surface area contributed by atoms with Crippen molar-refractivity contribution in [3.8, 4) is 11.8 Å². The zero-order valence-corrected chi connectivity index (χ0v) is 10.2. The first-order valence-electron chi connectivity index (χ1n) is 3.64. The number of hydrogen-bond donors (Lipinski definition) is 0. The van der Waals surface area contributed by atoms with Crippen LogP contribution in [0.4, 0.5) is 0 Å². The maximum atomic E-state index is 3.34. The Morgan fingerprint density at radius 2 is 2.08 bits per heavy atom. The summed E-state index contributed by atoms with van der Waals surface area (Å²) in [6.45, 7) is 0. The number of benzene rings is 1. The topological polar surface area (TPSA) is 0 Å². The Hall–Kier alpha value is -0.0100. The molecule has 2 heteroatoms. The van der Waals surface area contributed by atoms with Crippen LogP contribution in [0.15, 0.2) is 24.3 Å². The van der Waals surface area contributed by atoms with Crippen molar-refractivity contribution in [2.24, 2.45) is 0 Å². The summed E-state index contributed by atoms with van der Waals surface area (Å²) in [6, 6.07) is 8.15. The third-order valence-corrected chi connectivity index (χ3v) is 2.65. The zero-order chi connectivity index (χ0) is 8.81. The molecule has 0 saturated heterocycles. The second-order valence-electron chi connectivity index (χ2n) is 2.22. The first-order chi connectivity index (χ1) is 5.84. The number of halogens is 2. The second kappa shape index (κ2) is 5.60. The van der Waals surface area contributed by atoms with Crippen LogP contribution in [0, 0.1) is 15.4 Å². The third kappa shape index (κ3) is 3.16. The molecule has 1 aromatic carbocycles. The lowest BCUT2D eigenvalue weighted by Crippen LogP contribution is -1.79. The summed E-state index contributed by atoms with van der Waals surface area (Å²) in [5.41, 5.74) is 1.12. The normalized spacial score (nSPS) is 8.83. The smallest absolute Gasteiger partial charge is 0.0378 e. The van der Waals surface area contributed by atoms with Gasteiger partial charge < -0.3 is 0 Å². The maximum Gasteiger partial charge on any atom is 0.0378 e. The summed E-state index contributed by atoms with van der Waals surface area (Å²) in [5, 5.41) is 0.948. The fourth-order valence-corrected chi connectivity index (χ4v) is 1.49. The molecule has 0 aliphatic heterocycles. The van der Waals surface area contributed by atoms with Crippen LogP contribution in [0.1, 0.15) is 12.0 Å². The Morgan fingerprint density at radius 3 is 2.75 bits per heavy atom. The molecular formula is C10H8BrI. The molecule has 1 rings (SSSR count). The van der Waals surface area contributed by atoms with E-state index in [1.54, 1.807) is 0 Å². The highest BCUT2D eigenvalue weighted by atomic mass is 127. The molecule has 0 spiro atoms. The number of hydrogen-bond acceptors (Lipinski definition) is 0. The van der Waals surface area contributed by atoms with E-state index in [2.05, 4.69) is 56.4 Å². The number of rotatable bonds is 1. The molecular weight excluding hydrogens is 327 g/mol. The minimum Gasteiger partial charge on any atom is -0.0970 e. The highest BCUT2D eigenvalue weighted by Crippen LogP contribution is 2.09. The highest BCUT2D eigenvalue weighted by Gasteiger charge is 1.90. The van der Waals surface area contributed by atoms with Gasteiger partial charge in [-0.25, -0.2) is 0 Å². The van der Waals surface area contributed by atoms with E-state index in [1.807, 2.05) is 18.2 Å². The van der Waals surface area contributed by atoms with E-state index in [-0.39, 0.29) is 0 Å². The summed E-state index contributed by atoms with van der Waals surface area (Å²) in [5.74, 6) is 6.22. The van der Waals surface area contributed by atoms with E-state index in [4.69, 9.17) is 0 Å². The quantitative estimate of drug-likeness (QED) is 0.419. The fourth-order valence-electron chi connectivity index (χ4n) is 0.768. The molecule has 0 bridgehead atoms. The van der Waals surface area contributed by atoms with Crippen LogP contribution in [0.25, 0.3) is 0 Å². The minimum atomic E-state index is 0.908. The SMILES string of the molecule is BrCCC#Cc1ccccc1I. The second-order valence-corrected chi connectivity index (χ2v) is 4.18. The van der Waals surface area contributed by atoms with Gasteiger partial charge in [-0.05, 0) is 34.7 Å². The van der Waals surface area contributed by atoms with E-state index < -0.39 is 0 Å². The van der Waals surface area contributed by atoms with Crippen LogP contribution >= 0.6 is 38.5 Å². The van der Waals surface area contributed by atoms with Crippen molar-refractivity contribution in [1.29, 1.82) is 0 Å². The minimum absolute atomic E-state index is 0.908. The molecule has 0 N–H and O–H groups in total. The van der Waals surface area contributed by atoms with Crippen molar-refractivity contribution in [2.75, 3.05) is 5.33 Å². The third-order valence-electron chi connectivity index (χ3n) is 1.32. The first-order valence-corrected chi connectivity index (χ1v) is 5.84. The molecule has 0 unspecified atom stereocenters. The Morgan fingerprint density at radius 1 is 1.33 bits per heavy atom. The molecule has 0 fully saturated rings. The lowest BCUT2D eigenvalue weighted by Gasteiger charge is -1.92. The lowest BCUT2D eigenvalue weighted by molar-refractivity contribution is 1.32. The van der Waals surface area contributed by atoms with E-state index in [1.165, 1.54) is 3.57 Å². The van der Waals surface area contributed by atoms with Gasteiger partial charge in [0.15, 0.2) is 0 Å². The van der Waals surface area contributed by atoms with Crippen LogP contribution in [0.2, 0.25) is 0 Å². The van der Waals surface area contributed by atoms with Gasteiger partial charge in [-0.1, -0.05) is 39.9 Å². The summed E-state index contributed by atoms with van der Waals surface area (Å²) < 4.78 is 1.22. The highest BCUT2D eigenvalue weighted by molar-refractivity contribution is 14.1. The lowest BCUT2D eigenvalue weighted by atomic mass is 10.2. The zero-order valence-electron chi connectivity index (χ0n) is 6.48. The molecule has 0 aliphatic rings. The summed E-state index contributed by atoms with van der Waals surface area (Å²) in [7, 11) is 0. The van der Waals surface area contributed by atoms with E-state index in [0.717, 1.165) is 17.3 Å². The van der Waals surface area contributed by atoms with Gasteiger partial charge in [0.05, 0.1) is 0 Å². The van der Waals surface area contributed by atoms with Gasteiger partial charge in [0.2, 0.25) is 0 Å². The van der Waals surface area contributed by atoms with Crippen LogP contribution in [-0.4, -0.2) is 5.33 Å². The number of alkyl halides is 1. The summed E-state index contributed by atoms with van der Waals surface area (Å²) in [4.78, 5) is 0. The predicted octanol–water partition coefficient (Wildman–Crippen LogP) is 3.43. The molecule has 62 valence electrons. The van der Waals surface area contributed by atoms with E-state index >= 15 is 0 Å². The molecule has 0 radical (unpaired) electrons. The summed E-state index contributed by atoms with van der Waals surface area (Å²) >= 11 is 5.63. The van der Waals surface area contributed by atoms with Crippen molar-refractivity contribution in [3.05, 3.63) is 33.4 Å². The van der Waals surface area contributed by atoms with Gasteiger partial charge in [-0.15, -0.1) is 0 Å². The molecule has 0 nitrogen and oxygen atoms in total. The average Bonchev–Trinajstić information content (AvgIpc) is 2.09. The maximum absolute atomic E-state index is 3.34. The van der Waals surface area contributed by atoms with Crippen molar-refractivity contribution < 1.29 is 0 Å². The van der Waals surface area contributed by atoms with Gasteiger partial charge in [-0.2, -0.15) is 0 Å². The van der Waals surface area contributed by atoms with Crippen molar-refractivity contribution in [1.82, 2.24) is 0 Å². The standard InChI is InChI=1S/C10H8BrI/c11-8-4-3-6-9-5-1-2-7-10(9)12/h1-2,5,7H,4,8H2. The largest absolute Gasteiger partial charge is 0.0970 e. The van der Waals surface area contributed by atoms with Crippen LogP contribution in [-0.2, 0) is 0 Å². The molecule has 12 heavy (non-hydrogen) atoms. The fraction of sp³-hybridized carbons (Fsp3) is 0.200. The molecule has 0 aliphatic carbocycles. The monoisotopic (exact) mass is 334 g/mol. The molecule has 1 aromatic rings. The Kier molecular flexibility index (Phi) is 4.70. The molecule has 0 amide bonds. The van der Waals surface area contributed by atoms with Crippen molar-refractivity contribution >= 4 is 38.5 Å². The van der Waals surface area contributed by atoms with Gasteiger partial charge in [-0.3, -0.25) is 0 Å². The van der Waals surface area contributed by atoms with E-state index in [0.29, 0.717) is 0 Å². The van der Waals surface area contributed by atoms with Gasteiger partial charge >= 0.3 is 0 Å². The van der Waals surface area contributed by atoms with Crippen LogP contribution in [0.3, 0.4) is 0 Å². The van der Waals surface area contributed by atoms with Gasteiger partial charge in [0, 0.05) is 20.9 Å². The van der Waals surface area contributed by atoms with Gasteiger partial charge in [0.1, 0.15) is 0 Å². The molecule has 0 heterocycles. The summed E-state index contributed by atoms with van der Waals surface area (Å²) in [6.07, 6.45) is 0.908. The van der Waals surface area contributed by atoms with Crippen LogP contribution < -0.4 is 0 Å². The molecule has 0 atom stereocenters. The average molecular weight is 335 g/mol. The Balaban J connectivity index is 2.77. The predicted molar refractivity (Wildman–Crippen MR) is 64.4 cm³/mol. The van der Waals surface area contributed by atoms with E-state index in [9.17, 15) is 0 Å². The van der Waals surface area contributed by atoms with Crippen molar-refractivity contribution in [2.45, 2.75) is 6.42 Å². The molecule has 0 aromatic heterocycles.